The van der Waals surface area contributed by atoms with Crippen molar-refractivity contribution in [2.45, 2.75) is 13.3 Å². The molecule has 0 bridgehead atoms. The van der Waals surface area contributed by atoms with Crippen LogP contribution in [0.3, 0.4) is 0 Å². The number of likely N-dealkylation sites (N-methyl/N-ethyl adjacent to an activating group) is 1. The summed E-state index contributed by atoms with van der Waals surface area (Å²) in [6.45, 7) is 3.39. The van der Waals surface area contributed by atoms with Crippen molar-refractivity contribution in [1.82, 2.24) is 5.32 Å². The highest BCUT2D eigenvalue weighted by Crippen LogP contribution is 2.42. The second-order valence-electron chi connectivity index (χ2n) is 4.05. The first-order valence-electron chi connectivity index (χ1n) is 5.97. The summed E-state index contributed by atoms with van der Waals surface area (Å²) in [7, 11) is 1.76. The second-order valence-corrected chi connectivity index (χ2v) is 4.90. The van der Waals surface area contributed by atoms with Crippen LogP contribution in [0.4, 0.5) is 0 Å². The topological polar surface area (TPSA) is 47.6 Å². The van der Waals surface area contributed by atoms with Crippen LogP contribution in [0.25, 0.3) is 0 Å². The van der Waals surface area contributed by atoms with Gasteiger partial charge in [0.25, 0.3) is 0 Å². The normalized spacial score (nSPS) is 13.5. The number of rotatable bonds is 4. The summed E-state index contributed by atoms with van der Waals surface area (Å²) in [5, 5.41) is 2.88. The number of Topliss-reactive ketones (excluding diaryl/α,β-unsaturated/α-hetero) is 1. The minimum absolute atomic E-state index is 0.0621. The zero-order chi connectivity index (χ0) is 13.1. The van der Waals surface area contributed by atoms with Crippen molar-refractivity contribution in [3.05, 3.63) is 21.7 Å². The molecule has 1 aliphatic heterocycles. The van der Waals surface area contributed by atoms with Crippen LogP contribution in [-0.2, 0) is 6.42 Å². The molecule has 0 saturated carbocycles. The molecule has 0 fully saturated rings. The summed E-state index contributed by atoms with van der Waals surface area (Å²) in [4.78, 5) is 12.1. The lowest BCUT2D eigenvalue weighted by Gasteiger charge is -2.23. The first-order valence-corrected chi connectivity index (χ1v) is 6.77. The molecule has 0 amide bonds. The molecule has 5 heteroatoms. The minimum atomic E-state index is 0.0621. The zero-order valence-corrected chi connectivity index (χ0v) is 12.1. The van der Waals surface area contributed by atoms with Crippen LogP contribution in [0, 0.1) is 0 Å². The van der Waals surface area contributed by atoms with Gasteiger partial charge in [-0.3, -0.25) is 4.79 Å². The Morgan fingerprint density at radius 3 is 2.67 bits per heavy atom. The fraction of sp³-hybridized carbons (Fsp3) is 0.462. The Balaban J connectivity index is 2.53. The number of carbonyl (C=O) groups excluding carboxylic acids is 1. The van der Waals surface area contributed by atoms with E-state index in [-0.39, 0.29) is 5.78 Å². The molecule has 98 valence electrons. The van der Waals surface area contributed by atoms with Gasteiger partial charge in [-0.2, -0.15) is 0 Å². The van der Waals surface area contributed by atoms with E-state index in [9.17, 15) is 4.79 Å². The molecular formula is C13H16BrNO3. The van der Waals surface area contributed by atoms with Gasteiger partial charge in [0.1, 0.15) is 13.2 Å². The van der Waals surface area contributed by atoms with Gasteiger partial charge in [0.05, 0.1) is 11.0 Å². The quantitative estimate of drug-likeness (QED) is 0.866. The van der Waals surface area contributed by atoms with Crippen LogP contribution in [0.1, 0.15) is 22.8 Å². The Bertz CT molecular complexity index is 474. The third-order valence-electron chi connectivity index (χ3n) is 2.86. The average molecular weight is 314 g/mol. The lowest BCUT2D eigenvalue weighted by molar-refractivity contribution is 0.0991. The first kappa shape index (κ1) is 13.4. The van der Waals surface area contributed by atoms with Gasteiger partial charge in [-0.15, -0.1) is 0 Å². The van der Waals surface area contributed by atoms with E-state index >= 15 is 0 Å². The van der Waals surface area contributed by atoms with Crippen molar-refractivity contribution in [2.75, 3.05) is 26.8 Å². The highest BCUT2D eigenvalue weighted by Gasteiger charge is 2.24. The van der Waals surface area contributed by atoms with Crippen LogP contribution in [0.2, 0.25) is 0 Å². The number of nitrogens with one attached hydrogen (secondary N) is 1. The highest BCUT2D eigenvalue weighted by molar-refractivity contribution is 9.10. The molecule has 1 aromatic rings. The third kappa shape index (κ3) is 2.37. The fourth-order valence-electron chi connectivity index (χ4n) is 2.08. The summed E-state index contributed by atoms with van der Waals surface area (Å²) < 4.78 is 12.0. The molecule has 1 heterocycles. The fourth-order valence-corrected chi connectivity index (χ4v) is 2.60. The van der Waals surface area contributed by atoms with Gasteiger partial charge in [0.15, 0.2) is 17.3 Å². The van der Waals surface area contributed by atoms with E-state index in [0.717, 1.165) is 16.5 Å². The molecule has 4 nitrogen and oxygen atoms in total. The SMILES string of the molecule is CCc1c(C(=O)CNC)cc(Br)c2c1OCCO2. The summed E-state index contributed by atoms with van der Waals surface area (Å²) in [5.74, 6) is 1.48. The predicted molar refractivity (Wildman–Crippen MR) is 72.8 cm³/mol. The molecule has 0 aromatic heterocycles. The van der Waals surface area contributed by atoms with Crippen LogP contribution in [0.5, 0.6) is 11.5 Å². The first-order chi connectivity index (χ1) is 8.69. The molecule has 1 N–H and O–H groups in total. The monoisotopic (exact) mass is 313 g/mol. The Hall–Kier alpha value is -1.07. The smallest absolute Gasteiger partial charge is 0.177 e. The van der Waals surface area contributed by atoms with E-state index in [1.165, 1.54) is 0 Å². The number of hydrogen-bond donors (Lipinski definition) is 1. The molecule has 1 aromatic carbocycles. The molecule has 1 aliphatic rings. The Labute approximate surface area is 115 Å². The Kier molecular flexibility index (Phi) is 4.24. The van der Waals surface area contributed by atoms with E-state index in [0.29, 0.717) is 36.8 Å². The molecule has 0 aliphatic carbocycles. The molecule has 18 heavy (non-hydrogen) atoms. The molecule has 0 radical (unpaired) electrons. The van der Waals surface area contributed by atoms with Crippen molar-refractivity contribution in [1.29, 1.82) is 0 Å². The molecule has 0 atom stereocenters. The van der Waals surface area contributed by atoms with E-state index in [1.54, 1.807) is 7.05 Å². The van der Waals surface area contributed by atoms with Crippen LogP contribution < -0.4 is 14.8 Å². The summed E-state index contributed by atoms with van der Waals surface area (Å²) in [6, 6.07) is 1.83. The number of hydrogen-bond acceptors (Lipinski definition) is 4. The van der Waals surface area contributed by atoms with Gasteiger partial charge in [0, 0.05) is 11.1 Å². The number of benzene rings is 1. The lowest BCUT2D eigenvalue weighted by atomic mass is 9.99. The third-order valence-corrected chi connectivity index (χ3v) is 3.45. The molecular weight excluding hydrogens is 298 g/mol. The molecule has 2 rings (SSSR count). The van der Waals surface area contributed by atoms with Gasteiger partial charge in [-0.25, -0.2) is 0 Å². The van der Waals surface area contributed by atoms with E-state index in [4.69, 9.17) is 9.47 Å². The number of ketones is 1. The standard InChI is InChI=1S/C13H16BrNO3/c1-3-8-9(11(16)7-15-2)6-10(14)13-12(8)17-4-5-18-13/h6,15H,3-5,7H2,1-2H3. The molecule has 0 unspecified atom stereocenters. The maximum atomic E-state index is 12.1. The van der Waals surface area contributed by atoms with Gasteiger partial charge in [-0.05, 0) is 35.5 Å². The number of ether oxygens (including phenoxy) is 2. The zero-order valence-electron chi connectivity index (χ0n) is 10.5. The Morgan fingerprint density at radius 2 is 2.06 bits per heavy atom. The van der Waals surface area contributed by atoms with Crippen molar-refractivity contribution in [2.24, 2.45) is 0 Å². The molecule has 0 spiro atoms. The van der Waals surface area contributed by atoms with Crippen LogP contribution in [-0.4, -0.2) is 32.6 Å². The number of fused-ring (bicyclic) bond motifs is 1. The van der Waals surface area contributed by atoms with Crippen LogP contribution in [0.15, 0.2) is 10.5 Å². The maximum absolute atomic E-state index is 12.1. The van der Waals surface area contributed by atoms with Gasteiger partial charge in [-0.1, -0.05) is 6.92 Å². The highest BCUT2D eigenvalue weighted by atomic mass is 79.9. The number of carbonyl (C=O) groups is 1. The predicted octanol–water partition coefficient (Wildman–Crippen LogP) is 2.18. The maximum Gasteiger partial charge on any atom is 0.177 e. The van der Waals surface area contributed by atoms with Gasteiger partial charge in [0.2, 0.25) is 0 Å². The molecule has 0 saturated heterocycles. The van der Waals surface area contributed by atoms with Crippen LogP contribution >= 0.6 is 15.9 Å². The lowest BCUT2D eigenvalue weighted by Crippen LogP contribution is -2.22. The van der Waals surface area contributed by atoms with E-state index < -0.39 is 0 Å². The van der Waals surface area contributed by atoms with E-state index in [1.807, 2.05) is 13.0 Å². The van der Waals surface area contributed by atoms with Crippen molar-refractivity contribution in [3.8, 4) is 11.5 Å². The largest absolute Gasteiger partial charge is 0.486 e. The second kappa shape index (κ2) is 5.71. The van der Waals surface area contributed by atoms with Crippen molar-refractivity contribution < 1.29 is 14.3 Å². The number of halogens is 1. The summed E-state index contributed by atoms with van der Waals surface area (Å²) in [5.41, 5.74) is 1.62. The Morgan fingerprint density at radius 1 is 1.39 bits per heavy atom. The average Bonchev–Trinajstić information content (AvgIpc) is 2.39. The van der Waals surface area contributed by atoms with Gasteiger partial charge < -0.3 is 14.8 Å². The van der Waals surface area contributed by atoms with Gasteiger partial charge >= 0.3 is 0 Å². The van der Waals surface area contributed by atoms with Crippen molar-refractivity contribution in [3.63, 3.8) is 0 Å². The summed E-state index contributed by atoms with van der Waals surface area (Å²) >= 11 is 3.44. The minimum Gasteiger partial charge on any atom is -0.486 e. The van der Waals surface area contributed by atoms with Crippen molar-refractivity contribution >= 4 is 21.7 Å². The summed E-state index contributed by atoms with van der Waals surface area (Å²) in [6.07, 6.45) is 0.740. The van der Waals surface area contributed by atoms with E-state index in [2.05, 4.69) is 21.2 Å².